The summed E-state index contributed by atoms with van der Waals surface area (Å²) in [6.07, 6.45) is 0.136. The predicted molar refractivity (Wildman–Crippen MR) is 168 cm³/mol. The zero-order chi connectivity index (χ0) is 31.7. The van der Waals surface area contributed by atoms with Crippen LogP contribution in [0.15, 0.2) is 108 Å². The van der Waals surface area contributed by atoms with Crippen molar-refractivity contribution in [2.45, 2.75) is 37.8 Å². The Labute approximate surface area is 258 Å². The summed E-state index contributed by atoms with van der Waals surface area (Å²) in [4.78, 5) is 29.1. The fourth-order valence-corrected chi connectivity index (χ4v) is 6.19. The van der Waals surface area contributed by atoms with Crippen LogP contribution in [0.3, 0.4) is 0 Å². The fraction of sp³-hybridized carbons (Fsp3) is 0.235. The van der Waals surface area contributed by atoms with E-state index in [1.807, 2.05) is 37.3 Å². The van der Waals surface area contributed by atoms with Gasteiger partial charge in [0.05, 0.1) is 17.7 Å². The van der Waals surface area contributed by atoms with Gasteiger partial charge in [-0.1, -0.05) is 72.3 Å². The number of rotatable bonds is 13. The molecule has 0 aliphatic heterocycles. The molecule has 0 saturated carbocycles. The van der Waals surface area contributed by atoms with E-state index in [0.29, 0.717) is 12.3 Å². The van der Waals surface area contributed by atoms with E-state index in [1.54, 1.807) is 43.3 Å². The molecule has 8 nitrogen and oxygen atoms in total. The number of sulfonamides is 1. The summed E-state index contributed by atoms with van der Waals surface area (Å²) >= 11 is 0. The number of likely N-dealkylation sites (N-methyl/N-ethyl adjacent to an activating group) is 1. The first-order valence-electron chi connectivity index (χ1n) is 14.2. The molecule has 4 aromatic carbocycles. The SMILES string of the molecule is CCNC(=O)[C@H](Cc1ccccc1)N(Cc1ccccc1F)C(=O)CN(c1cccc(OC)c1)S(=O)(=O)c1ccc(C)cc1. The fourth-order valence-electron chi connectivity index (χ4n) is 4.79. The Balaban J connectivity index is 1.82. The van der Waals surface area contributed by atoms with E-state index in [0.717, 1.165) is 15.4 Å². The molecule has 4 aromatic rings. The Bertz CT molecular complexity index is 1680. The molecule has 0 heterocycles. The van der Waals surface area contributed by atoms with Crippen LogP contribution in [0.5, 0.6) is 5.75 Å². The minimum atomic E-state index is -4.26. The van der Waals surface area contributed by atoms with Crippen LogP contribution in [0, 0.1) is 12.7 Å². The third-order valence-electron chi connectivity index (χ3n) is 7.15. The largest absolute Gasteiger partial charge is 0.497 e. The van der Waals surface area contributed by atoms with Crippen molar-refractivity contribution in [3.8, 4) is 5.75 Å². The van der Waals surface area contributed by atoms with E-state index in [2.05, 4.69) is 5.32 Å². The van der Waals surface area contributed by atoms with E-state index in [4.69, 9.17) is 4.74 Å². The highest BCUT2D eigenvalue weighted by atomic mass is 32.2. The van der Waals surface area contributed by atoms with Crippen LogP contribution in [0.25, 0.3) is 0 Å². The van der Waals surface area contributed by atoms with E-state index in [-0.39, 0.29) is 29.1 Å². The molecule has 0 aliphatic carbocycles. The van der Waals surface area contributed by atoms with Crippen LogP contribution < -0.4 is 14.4 Å². The smallest absolute Gasteiger partial charge is 0.264 e. The van der Waals surface area contributed by atoms with Gasteiger partial charge in [0.1, 0.15) is 24.2 Å². The van der Waals surface area contributed by atoms with Crippen LogP contribution in [0.2, 0.25) is 0 Å². The van der Waals surface area contributed by atoms with Gasteiger partial charge in [-0.2, -0.15) is 0 Å². The van der Waals surface area contributed by atoms with E-state index in [9.17, 15) is 22.4 Å². The molecule has 0 radical (unpaired) electrons. The summed E-state index contributed by atoms with van der Waals surface area (Å²) in [6, 6.07) is 26.8. The molecule has 44 heavy (non-hydrogen) atoms. The van der Waals surface area contributed by atoms with Gasteiger partial charge >= 0.3 is 0 Å². The highest BCUT2D eigenvalue weighted by molar-refractivity contribution is 7.92. The molecular weight excluding hydrogens is 581 g/mol. The highest BCUT2D eigenvalue weighted by Gasteiger charge is 2.35. The second kappa shape index (κ2) is 14.7. The third kappa shape index (κ3) is 7.82. The van der Waals surface area contributed by atoms with Crippen LogP contribution in [0.4, 0.5) is 10.1 Å². The van der Waals surface area contributed by atoms with Gasteiger partial charge in [-0.25, -0.2) is 12.8 Å². The topological polar surface area (TPSA) is 96.0 Å². The summed E-state index contributed by atoms with van der Waals surface area (Å²) in [5.41, 5.74) is 2.04. The van der Waals surface area contributed by atoms with Gasteiger partial charge in [-0.05, 0) is 49.7 Å². The lowest BCUT2D eigenvalue weighted by molar-refractivity contribution is -0.140. The Hall–Kier alpha value is -4.70. The second-order valence-electron chi connectivity index (χ2n) is 10.2. The standard InChI is InChI=1S/C34H36FN3O5S/c1-4-36-34(40)32(21-26-11-6-5-7-12-26)37(23-27-13-8-9-16-31(27)35)33(39)24-38(28-14-10-15-29(22-28)43-3)44(41,42)30-19-17-25(2)18-20-30/h5-20,22,32H,4,21,23-24H2,1-3H3,(H,36,40)/t32-/m0/s1. The number of carbonyl (C=O) groups is 2. The van der Waals surface area contributed by atoms with Crippen LogP contribution in [0.1, 0.15) is 23.6 Å². The number of amides is 2. The monoisotopic (exact) mass is 617 g/mol. The summed E-state index contributed by atoms with van der Waals surface area (Å²) in [6.45, 7) is 3.01. The molecule has 1 N–H and O–H groups in total. The first-order chi connectivity index (χ1) is 21.1. The van der Waals surface area contributed by atoms with Crippen molar-refractivity contribution < 1.29 is 27.1 Å². The number of ether oxygens (including phenoxy) is 1. The number of aryl methyl sites for hydroxylation is 1. The molecule has 10 heteroatoms. The quantitative estimate of drug-likeness (QED) is 0.225. The van der Waals surface area contributed by atoms with Crippen molar-refractivity contribution in [2.75, 3.05) is 24.5 Å². The van der Waals surface area contributed by atoms with Gasteiger partial charge in [0.2, 0.25) is 11.8 Å². The number of anilines is 1. The summed E-state index contributed by atoms with van der Waals surface area (Å²) < 4.78 is 49.5. The minimum absolute atomic E-state index is 0.0102. The van der Waals surface area contributed by atoms with Crippen LogP contribution >= 0.6 is 0 Å². The van der Waals surface area contributed by atoms with Crippen LogP contribution in [-0.4, -0.2) is 51.4 Å². The van der Waals surface area contributed by atoms with E-state index >= 15 is 0 Å². The Morgan fingerprint density at radius 2 is 1.59 bits per heavy atom. The summed E-state index contributed by atoms with van der Waals surface area (Å²) in [5, 5.41) is 2.79. The minimum Gasteiger partial charge on any atom is -0.497 e. The van der Waals surface area contributed by atoms with Crippen molar-refractivity contribution in [1.82, 2.24) is 10.2 Å². The second-order valence-corrected chi connectivity index (χ2v) is 12.1. The maximum absolute atomic E-state index is 14.9. The Morgan fingerprint density at radius 1 is 0.909 bits per heavy atom. The molecule has 230 valence electrons. The lowest BCUT2D eigenvalue weighted by atomic mass is 10.0. The number of methoxy groups -OCH3 is 1. The maximum atomic E-state index is 14.9. The predicted octanol–water partition coefficient (Wildman–Crippen LogP) is 5.11. The molecule has 0 aliphatic rings. The molecule has 0 aromatic heterocycles. The molecule has 1 atom stereocenters. The summed E-state index contributed by atoms with van der Waals surface area (Å²) in [5.74, 6) is -1.27. The number of benzene rings is 4. The van der Waals surface area contributed by atoms with Crippen LogP contribution in [-0.2, 0) is 32.6 Å². The van der Waals surface area contributed by atoms with Gasteiger partial charge in [-0.15, -0.1) is 0 Å². The lowest BCUT2D eigenvalue weighted by Gasteiger charge is -2.34. The van der Waals surface area contributed by atoms with E-state index in [1.165, 1.54) is 48.4 Å². The average molecular weight is 618 g/mol. The van der Waals surface area contributed by atoms with Gasteiger partial charge in [0, 0.05) is 31.1 Å². The Morgan fingerprint density at radius 3 is 2.25 bits per heavy atom. The third-order valence-corrected chi connectivity index (χ3v) is 8.94. The molecule has 0 fully saturated rings. The summed E-state index contributed by atoms with van der Waals surface area (Å²) in [7, 11) is -2.81. The number of nitrogens with one attached hydrogen (secondary N) is 1. The van der Waals surface area contributed by atoms with Gasteiger partial charge in [-0.3, -0.25) is 13.9 Å². The number of carbonyl (C=O) groups excluding carboxylic acids is 2. The normalized spacial score (nSPS) is 11.8. The molecule has 0 spiro atoms. The number of nitrogens with zero attached hydrogens (tertiary/aromatic N) is 2. The molecule has 4 rings (SSSR count). The first-order valence-corrected chi connectivity index (χ1v) is 15.7. The van der Waals surface area contributed by atoms with Gasteiger partial charge in [0.25, 0.3) is 10.0 Å². The zero-order valence-corrected chi connectivity index (χ0v) is 25.8. The van der Waals surface area contributed by atoms with Crippen molar-refractivity contribution in [3.05, 3.63) is 126 Å². The van der Waals surface area contributed by atoms with Gasteiger partial charge < -0.3 is 15.0 Å². The number of hydrogen-bond acceptors (Lipinski definition) is 5. The number of hydrogen-bond donors (Lipinski definition) is 1. The molecular formula is C34H36FN3O5S. The highest BCUT2D eigenvalue weighted by Crippen LogP contribution is 2.28. The first kappa shape index (κ1) is 32.2. The van der Waals surface area contributed by atoms with Crippen molar-refractivity contribution >= 4 is 27.5 Å². The van der Waals surface area contributed by atoms with E-state index < -0.39 is 40.2 Å². The lowest BCUT2D eigenvalue weighted by Crippen LogP contribution is -2.53. The molecule has 0 bridgehead atoms. The molecule has 0 saturated heterocycles. The maximum Gasteiger partial charge on any atom is 0.264 e. The van der Waals surface area contributed by atoms with Gasteiger partial charge in [0.15, 0.2) is 0 Å². The molecule has 0 unspecified atom stereocenters. The number of halogens is 1. The van der Waals surface area contributed by atoms with Crippen molar-refractivity contribution in [1.29, 1.82) is 0 Å². The average Bonchev–Trinajstić information content (AvgIpc) is 3.03. The zero-order valence-electron chi connectivity index (χ0n) is 24.9. The van der Waals surface area contributed by atoms with Crippen molar-refractivity contribution in [2.24, 2.45) is 0 Å². The van der Waals surface area contributed by atoms with Crippen molar-refractivity contribution in [3.63, 3.8) is 0 Å². The Kier molecular flexibility index (Phi) is 10.7. The molecule has 2 amide bonds.